The lowest BCUT2D eigenvalue weighted by Gasteiger charge is -2.24. The average molecular weight is 442 g/mol. The fraction of sp³-hybridized carbons (Fsp3) is 0.440. The number of rotatable bonds is 10. The van der Waals surface area contributed by atoms with Crippen LogP contribution in [0.5, 0.6) is 5.75 Å². The van der Waals surface area contributed by atoms with Crippen molar-refractivity contribution in [3.05, 3.63) is 58.9 Å². The lowest BCUT2D eigenvalue weighted by molar-refractivity contribution is -0.131. The number of hydrogen-bond donors (Lipinski definition) is 0. The van der Waals surface area contributed by atoms with Crippen LogP contribution < -0.4 is 4.74 Å². The summed E-state index contributed by atoms with van der Waals surface area (Å²) in [5.41, 5.74) is 2.89. The first-order chi connectivity index (χ1) is 14.9. The quantitative estimate of drug-likeness (QED) is 0.404. The van der Waals surface area contributed by atoms with Gasteiger partial charge in [-0.2, -0.15) is 0 Å². The molecule has 0 unspecified atom stereocenters. The Morgan fingerprint density at radius 1 is 1.23 bits per heavy atom. The minimum absolute atomic E-state index is 0.0991. The van der Waals surface area contributed by atoms with Gasteiger partial charge in [0.25, 0.3) is 0 Å². The van der Waals surface area contributed by atoms with Crippen LogP contribution in [0.4, 0.5) is 0 Å². The molecule has 1 amide bonds. The largest absolute Gasteiger partial charge is 0.497 e. The van der Waals surface area contributed by atoms with Crippen LogP contribution in [0.25, 0.3) is 11.0 Å². The van der Waals surface area contributed by atoms with Gasteiger partial charge >= 0.3 is 0 Å². The molecule has 5 nitrogen and oxygen atoms in total. The molecule has 2 aromatic carbocycles. The third-order valence-corrected chi connectivity index (χ3v) is 5.62. The maximum atomic E-state index is 13.3. The highest BCUT2D eigenvalue weighted by molar-refractivity contribution is 6.31. The van der Waals surface area contributed by atoms with Crippen molar-refractivity contribution in [3.63, 3.8) is 0 Å². The molecule has 0 atom stereocenters. The van der Waals surface area contributed by atoms with Crippen LogP contribution in [0.1, 0.15) is 45.0 Å². The summed E-state index contributed by atoms with van der Waals surface area (Å²) in [4.78, 5) is 20.1. The highest BCUT2D eigenvalue weighted by Crippen LogP contribution is 2.23. The molecule has 6 heteroatoms. The van der Waals surface area contributed by atoms with Crippen LogP contribution in [0.15, 0.2) is 42.5 Å². The lowest BCUT2D eigenvalue weighted by atomic mass is 10.1. The molecule has 0 aliphatic carbocycles. The summed E-state index contributed by atoms with van der Waals surface area (Å²) in [6.45, 7) is 8.54. The van der Waals surface area contributed by atoms with Gasteiger partial charge < -0.3 is 14.2 Å². The maximum Gasteiger partial charge on any atom is 0.227 e. The van der Waals surface area contributed by atoms with Crippen LogP contribution in [0.3, 0.4) is 0 Å². The van der Waals surface area contributed by atoms with Gasteiger partial charge in [-0.3, -0.25) is 4.79 Å². The van der Waals surface area contributed by atoms with E-state index in [0.717, 1.165) is 47.6 Å². The Kier molecular flexibility index (Phi) is 7.97. The van der Waals surface area contributed by atoms with Gasteiger partial charge in [-0.25, -0.2) is 4.98 Å². The Morgan fingerprint density at radius 3 is 2.74 bits per heavy atom. The van der Waals surface area contributed by atoms with Crippen LogP contribution in [0, 0.1) is 5.92 Å². The van der Waals surface area contributed by atoms with Gasteiger partial charge in [-0.15, -0.1) is 0 Å². The summed E-state index contributed by atoms with van der Waals surface area (Å²) in [6.07, 6.45) is 2.27. The summed E-state index contributed by atoms with van der Waals surface area (Å²) in [5.74, 6) is 2.28. The van der Waals surface area contributed by atoms with Crippen molar-refractivity contribution in [2.24, 2.45) is 5.92 Å². The molecule has 1 heterocycles. The van der Waals surface area contributed by atoms with E-state index in [0.29, 0.717) is 30.5 Å². The number of methoxy groups -OCH3 is 1. The van der Waals surface area contributed by atoms with Gasteiger partial charge in [0.15, 0.2) is 0 Å². The Hall–Kier alpha value is -2.53. The summed E-state index contributed by atoms with van der Waals surface area (Å²) in [6, 6.07) is 13.5. The van der Waals surface area contributed by atoms with E-state index in [1.54, 1.807) is 7.11 Å². The molecule has 31 heavy (non-hydrogen) atoms. The second-order valence-electron chi connectivity index (χ2n) is 8.34. The smallest absolute Gasteiger partial charge is 0.227 e. The van der Waals surface area contributed by atoms with E-state index < -0.39 is 0 Å². The molecule has 0 aliphatic heterocycles. The Bertz CT molecular complexity index is 1030. The molecule has 0 radical (unpaired) electrons. The number of nitrogens with zero attached hydrogens (tertiary/aromatic N) is 3. The predicted octanol–water partition coefficient (Wildman–Crippen LogP) is 5.73. The van der Waals surface area contributed by atoms with Crippen LogP contribution in [0.2, 0.25) is 5.02 Å². The van der Waals surface area contributed by atoms with Gasteiger partial charge in [0, 0.05) is 18.1 Å². The third kappa shape index (κ3) is 6.01. The number of fused-ring (bicyclic) bond motifs is 1. The molecular formula is C25H32ClN3O2. The second kappa shape index (κ2) is 10.7. The second-order valence-corrected chi connectivity index (χ2v) is 8.78. The molecule has 166 valence electrons. The zero-order chi connectivity index (χ0) is 22.4. The molecule has 0 aliphatic rings. The first kappa shape index (κ1) is 23.1. The maximum absolute atomic E-state index is 13.3. The highest BCUT2D eigenvalue weighted by Gasteiger charge is 2.19. The van der Waals surface area contributed by atoms with Crippen molar-refractivity contribution >= 4 is 28.5 Å². The van der Waals surface area contributed by atoms with E-state index >= 15 is 0 Å². The van der Waals surface area contributed by atoms with E-state index in [-0.39, 0.29) is 5.91 Å². The number of carbonyl (C=O) groups is 1. The van der Waals surface area contributed by atoms with Gasteiger partial charge in [0.05, 0.1) is 31.1 Å². The van der Waals surface area contributed by atoms with Crippen molar-refractivity contribution in [2.75, 3.05) is 13.7 Å². The number of halogens is 1. The first-order valence-electron chi connectivity index (χ1n) is 11.0. The first-order valence-corrected chi connectivity index (χ1v) is 11.3. The monoisotopic (exact) mass is 441 g/mol. The number of benzene rings is 2. The summed E-state index contributed by atoms with van der Waals surface area (Å²) < 4.78 is 7.51. The molecule has 0 bridgehead atoms. The van der Waals surface area contributed by atoms with Gasteiger partial charge in [0.1, 0.15) is 11.6 Å². The highest BCUT2D eigenvalue weighted by atomic mass is 35.5. The van der Waals surface area contributed by atoms with Crippen molar-refractivity contribution in [2.45, 2.75) is 53.1 Å². The van der Waals surface area contributed by atoms with Gasteiger partial charge in [-0.05, 0) is 54.7 Å². The molecule has 0 N–H and O–H groups in total. The molecule has 0 saturated heterocycles. The number of aryl methyl sites for hydroxylation is 1. The topological polar surface area (TPSA) is 47.4 Å². The predicted molar refractivity (Wildman–Crippen MR) is 127 cm³/mol. The normalized spacial score (nSPS) is 11.3. The summed E-state index contributed by atoms with van der Waals surface area (Å²) >= 11 is 6.24. The van der Waals surface area contributed by atoms with Crippen LogP contribution in [-0.2, 0) is 24.3 Å². The standard InChI is InChI=1S/C25H32ClN3O2/c1-5-12-29-23-16-20(26)9-10-22(23)27-24(29)17-28(13-11-18(2)3)25(30)15-19-7-6-8-21(14-19)31-4/h6-10,14,16,18H,5,11-13,15,17H2,1-4H3. The van der Waals surface area contributed by atoms with E-state index in [4.69, 9.17) is 21.3 Å². The Morgan fingerprint density at radius 2 is 2.03 bits per heavy atom. The summed E-state index contributed by atoms with van der Waals surface area (Å²) in [5, 5.41) is 0.696. The molecule has 1 aromatic heterocycles. The number of carbonyl (C=O) groups excluding carboxylic acids is 1. The number of hydrogen-bond acceptors (Lipinski definition) is 3. The molecule has 0 fully saturated rings. The van der Waals surface area contributed by atoms with Crippen molar-refractivity contribution in [1.29, 1.82) is 0 Å². The average Bonchev–Trinajstić information content (AvgIpc) is 3.07. The number of ether oxygens (including phenoxy) is 1. The molecular weight excluding hydrogens is 410 g/mol. The fourth-order valence-corrected chi connectivity index (χ4v) is 3.85. The van der Waals surface area contributed by atoms with Crippen molar-refractivity contribution < 1.29 is 9.53 Å². The number of imidazole rings is 1. The van der Waals surface area contributed by atoms with E-state index in [2.05, 4.69) is 25.3 Å². The Balaban J connectivity index is 1.88. The zero-order valence-corrected chi connectivity index (χ0v) is 19.7. The number of aromatic nitrogens is 2. The fourth-order valence-electron chi connectivity index (χ4n) is 3.69. The minimum atomic E-state index is 0.0991. The molecule has 3 aromatic rings. The number of amides is 1. The van der Waals surface area contributed by atoms with Crippen LogP contribution in [-0.4, -0.2) is 34.0 Å². The van der Waals surface area contributed by atoms with Crippen molar-refractivity contribution in [1.82, 2.24) is 14.5 Å². The SMILES string of the molecule is CCCn1c(CN(CCC(C)C)C(=O)Cc2cccc(OC)c2)nc2ccc(Cl)cc21. The Labute approximate surface area is 190 Å². The third-order valence-electron chi connectivity index (χ3n) is 5.39. The van der Waals surface area contributed by atoms with Crippen molar-refractivity contribution in [3.8, 4) is 5.75 Å². The van der Waals surface area contributed by atoms with Crippen LogP contribution >= 0.6 is 11.6 Å². The molecule has 0 spiro atoms. The van der Waals surface area contributed by atoms with E-state index in [1.165, 1.54) is 0 Å². The minimum Gasteiger partial charge on any atom is -0.497 e. The lowest BCUT2D eigenvalue weighted by Crippen LogP contribution is -2.34. The van der Waals surface area contributed by atoms with E-state index in [9.17, 15) is 4.79 Å². The van der Waals surface area contributed by atoms with E-state index in [1.807, 2.05) is 47.4 Å². The molecule has 3 rings (SSSR count). The molecule has 0 saturated carbocycles. The van der Waals surface area contributed by atoms with Gasteiger partial charge in [0.2, 0.25) is 5.91 Å². The van der Waals surface area contributed by atoms with Gasteiger partial charge in [-0.1, -0.05) is 44.5 Å². The summed E-state index contributed by atoms with van der Waals surface area (Å²) in [7, 11) is 1.64. The zero-order valence-electron chi connectivity index (χ0n) is 18.9.